The zero-order valence-corrected chi connectivity index (χ0v) is 21.6. The Labute approximate surface area is 213 Å². The van der Waals surface area contributed by atoms with Crippen molar-refractivity contribution in [3.8, 4) is 0 Å². The molecule has 4 rings (SSSR count). The summed E-state index contributed by atoms with van der Waals surface area (Å²) in [4.78, 5) is 15.1. The molecule has 0 heterocycles. The first-order valence-corrected chi connectivity index (χ1v) is 12.8. The van der Waals surface area contributed by atoms with Crippen molar-refractivity contribution in [2.45, 2.75) is 36.1 Å². The second kappa shape index (κ2) is 10.9. The van der Waals surface area contributed by atoms with Gasteiger partial charge in [-0.2, -0.15) is 0 Å². The van der Waals surface area contributed by atoms with E-state index in [9.17, 15) is 4.79 Å². The third-order valence-corrected chi connectivity index (χ3v) is 7.59. The van der Waals surface area contributed by atoms with Gasteiger partial charge in [0.05, 0.1) is 0 Å². The molecule has 0 aliphatic carbocycles. The van der Waals surface area contributed by atoms with E-state index < -0.39 is 0 Å². The summed E-state index contributed by atoms with van der Waals surface area (Å²) in [6.07, 6.45) is 0. The van der Waals surface area contributed by atoms with Gasteiger partial charge in [-0.3, -0.25) is 4.79 Å². The Bertz CT molecular complexity index is 1300. The fourth-order valence-corrected chi connectivity index (χ4v) is 5.35. The van der Waals surface area contributed by atoms with E-state index in [4.69, 9.17) is 5.73 Å². The Kier molecular flexibility index (Phi) is 7.76. The minimum Gasteiger partial charge on any atom is -0.399 e. The van der Waals surface area contributed by atoms with Crippen LogP contribution in [0, 0.1) is 6.92 Å². The molecule has 172 valence electrons. The van der Waals surface area contributed by atoms with Crippen LogP contribution in [-0.2, 0) is 6.54 Å². The number of nitrogens with two attached hydrogens (primary N) is 1. The number of hydrogen-bond donors (Lipinski definition) is 2. The number of hydrogen-bond acceptors (Lipinski definition) is 3. The van der Waals surface area contributed by atoms with Crippen LogP contribution in [0.3, 0.4) is 0 Å². The summed E-state index contributed by atoms with van der Waals surface area (Å²) in [6.45, 7) is 4.76. The maximum Gasteiger partial charge on any atom is 0.251 e. The summed E-state index contributed by atoms with van der Waals surface area (Å²) in [5, 5.41) is 2.99. The van der Waals surface area contributed by atoms with Gasteiger partial charge >= 0.3 is 0 Å². The van der Waals surface area contributed by atoms with E-state index in [-0.39, 0.29) is 11.8 Å². The lowest BCUT2D eigenvalue weighted by molar-refractivity contribution is 0.0950. The fraction of sp³-hybridized carbons (Fsp3) is 0.138. The molecule has 34 heavy (non-hydrogen) atoms. The van der Waals surface area contributed by atoms with Crippen molar-refractivity contribution in [1.29, 1.82) is 0 Å². The molecule has 0 saturated heterocycles. The Hall–Kier alpha value is -3.02. The quantitative estimate of drug-likeness (QED) is 0.242. The van der Waals surface area contributed by atoms with Crippen molar-refractivity contribution in [1.82, 2.24) is 5.32 Å². The molecule has 1 unspecified atom stereocenters. The normalized spacial score (nSPS) is 11.7. The van der Waals surface area contributed by atoms with Crippen molar-refractivity contribution in [2.75, 3.05) is 5.73 Å². The Morgan fingerprint density at radius 2 is 1.71 bits per heavy atom. The number of amides is 1. The highest BCUT2D eigenvalue weighted by molar-refractivity contribution is 9.10. The third-order valence-electron chi connectivity index (χ3n) is 5.82. The molecule has 0 spiro atoms. The van der Waals surface area contributed by atoms with Crippen LogP contribution in [0.15, 0.2) is 105 Å². The van der Waals surface area contributed by atoms with E-state index >= 15 is 0 Å². The molecule has 0 radical (unpaired) electrons. The van der Waals surface area contributed by atoms with E-state index in [1.54, 1.807) is 11.8 Å². The van der Waals surface area contributed by atoms with Crippen LogP contribution in [0.4, 0.5) is 5.69 Å². The highest BCUT2D eigenvalue weighted by Crippen LogP contribution is 2.38. The highest BCUT2D eigenvalue weighted by atomic mass is 79.9. The zero-order chi connectivity index (χ0) is 24.1. The molecule has 0 aliphatic heterocycles. The maximum absolute atomic E-state index is 12.7. The number of benzene rings is 4. The van der Waals surface area contributed by atoms with E-state index in [0.717, 1.165) is 20.5 Å². The zero-order valence-electron chi connectivity index (χ0n) is 19.2. The summed E-state index contributed by atoms with van der Waals surface area (Å²) < 4.78 is 1.09. The monoisotopic (exact) mass is 530 g/mol. The van der Waals surface area contributed by atoms with E-state index in [0.29, 0.717) is 17.8 Å². The van der Waals surface area contributed by atoms with Crippen LogP contribution >= 0.6 is 27.7 Å². The van der Waals surface area contributed by atoms with Crippen LogP contribution < -0.4 is 11.1 Å². The molecule has 0 aliphatic rings. The Morgan fingerprint density at radius 1 is 0.941 bits per heavy atom. The van der Waals surface area contributed by atoms with Gasteiger partial charge < -0.3 is 11.1 Å². The molecule has 5 heteroatoms. The van der Waals surface area contributed by atoms with Crippen molar-refractivity contribution in [3.63, 3.8) is 0 Å². The predicted molar refractivity (Wildman–Crippen MR) is 145 cm³/mol. The number of nitrogen functional groups attached to an aromatic ring is 1. The molecule has 0 fully saturated rings. The van der Waals surface area contributed by atoms with E-state index in [2.05, 4.69) is 77.6 Å². The number of aryl methyl sites for hydroxylation is 1. The second-order valence-corrected chi connectivity index (χ2v) is 10.3. The number of halogens is 1. The van der Waals surface area contributed by atoms with Gasteiger partial charge in [0.25, 0.3) is 5.91 Å². The first-order chi connectivity index (χ1) is 16.4. The van der Waals surface area contributed by atoms with E-state index in [1.807, 2.05) is 48.5 Å². The van der Waals surface area contributed by atoms with Crippen molar-refractivity contribution >= 4 is 39.3 Å². The summed E-state index contributed by atoms with van der Waals surface area (Å²) in [7, 11) is 0. The van der Waals surface area contributed by atoms with E-state index in [1.165, 1.54) is 16.0 Å². The second-order valence-electron chi connectivity index (χ2n) is 8.32. The molecular formula is C29H27BrN2OS. The smallest absolute Gasteiger partial charge is 0.251 e. The Balaban J connectivity index is 1.49. The molecule has 3 N–H and O–H groups in total. The first kappa shape index (κ1) is 24.1. The lowest BCUT2D eigenvalue weighted by atomic mass is 9.93. The number of carbonyl (C=O) groups is 1. The number of nitrogens with one attached hydrogen (secondary N) is 1. The molecule has 4 aromatic rings. The number of anilines is 1. The molecule has 0 bridgehead atoms. The van der Waals surface area contributed by atoms with Crippen LogP contribution in [0.2, 0.25) is 0 Å². The van der Waals surface area contributed by atoms with Crippen molar-refractivity contribution in [3.05, 3.63) is 123 Å². The lowest BCUT2D eigenvalue weighted by Gasteiger charge is -2.18. The van der Waals surface area contributed by atoms with Gasteiger partial charge in [-0.25, -0.2) is 0 Å². The molecule has 3 nitrogen and oxygen atoms in total. The summed E-state index contributed by atoms with van der Waals surface area (Å²) in [5.41, 5.74) is 11.8. The predicted octanol–water partition coefficient (Wildman–Crippen LogP) is 7.57. The third kappa shape index (κ3) is 5.91. The fourth-order valence-electron chi connectivity index (χ4n) is 3.83. The summed E-state index contributed by atoms with van der Waals surface area (Å²) in [5.74, 6) is 0.181. The average Bonchev–Trinajstić information content (AvgIpc) is 2.84. The minimum atomic E-state index is -0.0832. The SMILES string of the molecule is Cc1cc(C(=O)NCc2ccc(N)cc2)ccc1Sc1ccccc1C(C)c1cccc(Br)c1. The molecule has 0 saturated carbocycles. The van der Waals surface area contributed by atoms with Gasteiger partial charge in [-0.05, 0) is 77.7 Å². The highest BCUT2D eigenvalue weighted by Gasteiger charge is 2.15. The summed E-state index contributed by atoms with van der Waals surface area (Å²) >= 11 is 5.33. The minimum absolute atomic E-state index is 0.0832. The van der Waals surface area contributed by atoms with Gasteiger partial charge in [0.15, 0.2) is 0 Å². The average molecular weight is 532 g/mol. The lowest BCUT2D eigenvalue weighted by Crippen LogP contribution is -2.22. The van der Waals surface area contributed by atoms with Crippen molar-refractivity contribution < 1.29 is 4.79 Å². The molecule has 0 aromatic heterocycles. The van der Waals surface area contributed by atoms with Crippen molar-refractivity contribution in [2.24, 2.45) is 0 Å². The van der Waals surface area contributed by atoms with Gasteiger partial charge in [-0.15, -0.1) is 0 Å². The molecular weight excluding hydrogens is 504 g/mol. The molecule has 4 aromatic carbocycles. The van der Waals surface area contributed by atoms with Gasteiger partial charge in [-0.1, -0.05) is 77.1 Å². The standard InChI is InChI=1S/C29H27BrN2OS/c1-19-16-23(29(33)32-18-21-10-13-25(31)14-11-21)12-15-27(19)34-28-9-4-3-8-26(28)20(2)22-6-5-7-24(30)17-22/h3-17,20H,18,31H2,1-2H3,(H,32,33). The number of carbonyl (C=O) groups excluding carboxylic acids is 1. The maximum atomic E-state index is 12.7. The van der Waals surface area contributed by atoms with Gasteiger partial charge in [0, 0.05) is 38.0 Å². The van der Waals surface area contributed by atoms with Crippen LogP contribution in [0.5, 0.6) is 0 Å². The first-order valence-electron chi connectivity index (χ1n) is 11.2. The topological polar surface area (TPSA) is 55.1 Å². The Morgan fingerprint density at radius 3 is 2.44 bits per heavy atom. The van der Waals surface area contributed by atoms with Gasteiger partial charge in [0.2, 0.25) is 0 Å². The van der Waals surface area contributed by atoms with Crippen LogP contribution in [0.1, 0.15) is 45.5 Å². The van der Waals surface area contributed by atoms with Crippen LogP contribution in [-0.4, -0.2) is 5.91 Å². The molecule has 1 atom stereocenters. The van der Waals surface area contributed by atoms with Crippen LogP contribution in [0.25, 0.3) is 0 Å². The summed E-state index contributed by atoms with van der Waals surface area (Å²) in [6, 6.07) is 30.4. The molecule has 1 amide bonds. The number of rotatable bonds is 7. The largest absolute Gasteiger partial charge is 0.399 e. The van der Waals surface area contributed by atoms with Gasteiger partial charge in [0.1, 0.15) is 0 Å².